The maximum Gasteiger partial charge on any atom is 0.358 e. The Morgan fingerprint density at radius 1 is 1.09 bits per heavy atom. The van der Waals surface area contributed by atoms with Gasteiger partial charge in [-0.05, 0) is 17.7 Å². The summed E-state index contributed by atoms with van der Waals surface area (Å²) in [5, 5.41) is 8.09. The number of benzene rings is 2. The molecule has 0 fully saturated rings. The van der Waals surface area contributed by atoms with Crippen molar-refractivity contribution in [3.05, 3.63) is 60.2 Å². The highest BCUT2D eigenvalue weighted by atomic mass is 16.5. The Balaban J connectivity index is 2.26. The molecular formula is C16H14N4O2. The first-order valence-corrected chi connectivity index (χ1v) is 6.66. The molecule has 0 aliphatic rings. The third kappa shape index (κ3) is 2.31. The zero-order valence-corrected chi connectivity index (χ0v) is 11.9. The minimum Gasteiger partial charge on any atom is -0.464 e. The first-order valence-electron chi connectivity index (χ1n) is 6.66. The van der Waals surface area contributed by atoms with E-state index >= 15 is 0 Å². The number of carbonyl (C=O) groups is 1. The van der Waals surface area contributed by atoms with E-state index in [-0.39, 0.29) is 11.4 Å². The molecule has 22 heavy (non-hydrogen) atoms. The number of carbonyl (C=O) groups excluding carboxylic acids is 1. The molecule has 0 aliphatic heterocycles. The predicted molar refractivity (Wildman–Crippen MR) is 83.3 cm³/mol. The highest BCUT2D eigenvalue weighted by molar-refractivity contribution is 6.19. The third-order valence-electron chi connectivity index (χ3n) is 3.28. The molecule has 6 nitrogen and oxygen atoms in total. The van der Waals surface area contributed by atoms with Crippen molar-refractivity contribution in [3.63, 3.8) is 0 Å². The van der Waals surface area contributed by atoms with Crippen molar-refractivity contribution in [2.75, 3.05) is 7.11 Å². The molecule has 2 N–H and O–H groups in total. The quantitative estimate of drug-likeness (QED) is 0.589. The Bertz CT molecular complexity index is 853. The topological polar surface area (TPSA) is 83.0 Å². The van der Waals surface area contributed by atoms with Gasteiger partial charge in [0.2, 0.25) is 0 Å². The molecule has 1 aromatic heterocycles. The fourth-order valence-corrected chi connectivity index (χ4v) is 2.20. The van der Waals surface area contributed by atoms with E-state index in [1.54, 1.807) is 0 Å². The standard InChI is InChI=1S/C16H14N4O2/c1-22-16(21)15(14(17)11-7-3-2-4-8-11)20-13-10-6-5-9-12(13)18-19-20/h2-10H,17H2,1H3/b15-14+. The molecule has 0 aliphatic carbocycles. The second-order valence-corrected chi connectivity index (χ2v) is 4.61. The van der Waals surface area contributed by atoms with Crippen molar-refractivity contribution in [2.45, 2.75) is 0 Å². The molecule has 110 valence electrons. The van der Waals surface area contributed by atoms with Crippen molar-refractivity contribution in [2.24, 2.45) is 5.73 Å². The van der Waals surface area contributed by atoms with Crippen LogP contribution in [0.25, 0.3) is 22.4 Å². The molecule has 0 saturated carbocycles. The maximum absolute atomic E-state index is 12.2. The Morgan fingerprint density at radius 2 is 1.77 bits per heavy atom. The van der Waals surface area contributed by atoms with Gasteiger partial charge in [-0.1, -0.05) is 47.7 Å². The van der Waals surface area contributed by atoms with Crippen LogP contribution < -0.4 is 5.73 Å². The number of rotatable bonds is 3. The van der Waals surface area contributed by atoms with Gasteiger partial charge in [0.05, 0.1) is 18.3 Å². The zero-order chi connectivity index (χ0) is 15.5. The molecule has 0 atom stereocenters. The van der Waals surface area contributed by atoms with Gasteiger partial charge in [0, 0.05) is 0 Å². The molecule has 2 aromatic carbocycles. The molecule has 0 amide bonds. The number of fused-ring (bicyclic) bond motifs is 1. The van der Waals surface area contributed by atoms with Gasteiger partial charge >= 0.3 is 5.97 Å². The molecule has 0 radical (unpaired) electrons. The number of aromatic nitrogens is 3. The van der Waals surface area contributed by atoms with Crippen molar-refractivity contribution < 1.29 is 9.53 Å². The predicted octanol–water partition coefficient (Wildman–Crippen LogP) is 1.89. The molecule has 1 heterocycles. The Kier molecular flexibility index (Phi) is 3.57. The van der Waals surface area contributed by atoms with E-state index < -0.39 is 5.97 Å². The minimum absolute atomic E-state index is 0.141. The lowest BCUT2D eigenvalue weighted by molar-refractivity contribution is -0.134. The number of hydrogen-bond donors (Lipinski definition) is 1. The van der Waals surface area contributed by atoms with E-state index in [4.69, 9.17) is 10.5 Å². The molecule has 3 aromatic rings. The lowest BCUT2D eigenvalue weighted by Crippen LogP contribution is -2.17. The average molecular weight is 294 g/mol. The van der Waals surface area contributed by atoms with E-state index in [1.165, 1.54) is 11.8 Å². The van der Waals surface area contributed by atoms with Crippen LogP contribution in [-0.4, -0.2) is 28.1 Å². The van der Waals surface area contributed by atoms with Crippen LogP contribution in [0.5, 0.6) is 0 Å². The van der Waals surface area contributed by atoms with E-state index in [9.17, 15) is 4.79 Å². The van der Waals surface area contributed by atoms with Gasteiger partial charge in [0.15, 0.2) is 5.70 Å². The number of hydrogen-bond acceptors (Lipinski definition) is 5. The maximum atomic E-state index is 12.2. The second kappa shape index (κ2) is 5.69. The van der Waals surface area contributed by atoms with Gasteiger partial charge in [-0.3, -0.25) is 0 Å². The average Bonchev–Trinajstić information content (AvgIpc) is 2.99. The summed E-state index contributed by atoms with van der Waals surface area (Å²) in [5.41, 5.74) is 8.67. The molecule has 0 bridgehead atoms. The lowest BCUT2D eigenvalue weighted by atomic mass is 10.1. The van der Waals surface area contributed by atoms with Crippen LogP contribution in [0.2, 0.25) is 0 Å². The highest BCUT2D eigenvalue weighted by Crippen LogP contribution is 2.22. The van der Waals surface area contributed by atoms with Gasteiger partial charge in [-0.15, -0.1) is 5.10 Å². The summed E-state index contributed by atoms with van der Waals surface area (Å²) >= 11 is 0. The smallest absolute Gasteiger partial charge is 0.358 e. The van der Waals surface area contributed by atoms with Gasteiger partial charge in [0.1, 0.15) is 5.52 Å². The lowest BCUT2D eigenvalue weighted by Gasteiger charge is -2.10. The first-order chi connectivity index (χ1) is 10.7. The Morgan fingerprint density at radius 3 is 2.50 bits per heavy atom. The van der Waals surface area contributed by atoms with Crippen LogP contribution in [0.3, 0.4) is 0 Å². The molecule has 6 heteroatoms. The van der Waals surface area contributed by atoms with E-state index in [2.05, 4.69) is 10.3 Å². The summed E-state index contributed by atoms with van der Waals surface area (Å²) in [6.45, 7) is 0. The molecule has 0 saturated heterocycles. The van der Waals surface area contributed by atoms with E-state index in [0.29, 0.717) is 16.6 Å². The zero-order valence-electron chi connectivity index (χ0n) is 11.9. The number of para-hydroxylation sites is 1. The fourth-order valence-electron chi connectivity index (χ4n) is 2.20. The summed E-state index contributed by atoms with van der Waals surface area (Å²) < 4.78 is 6.27. The summed E-state index contributed by atoms with van der Waals surface area (Å²) in [4.78, 5) is 12.2. The minimum atomic E-state index is -0.572. The monoisotopic (exact) mass is 294 g/mol. The number of nitrogens with zero attached hydrogens (tertiary/aromatic N) is 3. The Labute approximate surface area is 126 Å². The van der Waals surface area contributed by atoms with Crippen molar-refractivity contribution in [1.29, 1.82) is 0 Å². The Hall–Kier alpha value is -3.15. The van der Waals surface area contributed by atoms with Gasteiger partial charge in [-0.2, -0.15) is 0 Å². The van der Waals surface area contributed by atoms with Crippen molar-refractivity contribution >= 4 is 28.4 Å². The van der Waals surface area contributed by atoms with E-state index in [1.807, 2.05) is 54.6 Å². The number of nitrogens with two attached hydrogens (primary N) is 1. The number of methoxy groups -OCH3 is 1. The SMILES string of the molecule is COC(=O)/C(=C(\N)c1ccccc1)n1nnc2ccccc21. The second-order valence-electron chi connectivity index (χ2n) is 4.61. The molecule has 3 rings (SSSR count). The summed E-state index contributed by atoms with van der Waals surface area (Å²) in [6.07, 6.45) is 0. The fraction of sp³-hybridized carbons (Fsp3) is 0.0625. The van der Waals surface area contributed by atoms with Gasteiger partial charge in [0.25, 0.3) is 0 Å². The normalized spacial score (nSPS) is 12.0. The summed E-state index contributed by atoms with van der Waals surface area (Å²) in [7, 11) is 1.31. The molecule has 0 unspecified atom stereocenters. The van der Waals surface area contributed by atoms with Gasteiger partial charge < -0.3 is 10.5 Å². The number of esters is 1. The van der Waals surface area contributed by atoms with Crippen molar-refractivity contribution in [1.82, 2.24) is 15.0 Å². The highest BCUT2D eigenvalue weighted by Gasteiger charge is 2.21. The van der Waals surface area contributed by atoms with Crippen LogP contribution in [0.15, 0.2) is 54.6 Å². The third-order valence-corrected chi connectivity index (χ3v) is 3.28. The van der Waals surface area contributed by atoms with Gasteiger partial charge in [-0.25, -0.2) is 9.48 Å². The van der Waals surface area contributed by atoms with Crippen LogP contribution in [0.1, 0.15) is 5.56 Å². The van der Waals surface area contributed by atoms with Crippen molar-refractivity contribution in [3.8, 4) is 0 Å². The largest absolute Gasteiger partial charge is 0.464 e. The van der Waals surface area contributed by atoms with Crippen LogP contribution in [0.4, 0.5) is 0 Å². The molecule has 0 spiro atoms. The first kappa shape index (κ1) is 13.8. The summed E-state index contributed by atoms with van der Waals surface area (Å²) in [5.74, 6) is -0.572. The van der Waals surface area contributed by atoms with E-state index in [0.717, 1.165) is 0 Å². The summed E-state index contributed by atoms with van der Waals surface area (Å²) in [6, 6.07) is 16.5. The van der Waals surface area contributed by atoms with Crippen LogP contribution in [0, 0.1) is 0 Å². The van der Waals surface area contributed by atoms with Crippen LogP contribution >= 0.6 is 0 Å². The van der Waals surface area contributed by atoms with Crippen LogP contribution in [-0.2, 0) is 9.53 Å². The molecular weight excluding hydrogens is 280 g/mol. The number of ether oxygens (including phenoxy) is 1.